The maximum absolute atomic E-state index is 6.32. The molecule has 1 fully saturated rings. The van der Waals surface area contributed by atoms with Crippen LogP contribution in [-0.4, -0.2) is 4.98 Å². The van der Waals surface area contributed by atoms with Crippen LogP contribution in [0.3, 0.4) is 0 Å². The number of nitrogens with zero attached hydrogens (tertiary/aromatic N) is 1. The summed E-state index contributed by atoms with van der Waals surface area (Å²) in [5, 5.41) is 0. The Bertz CT molecular complexity index is 306. The first-order valence-corrected chi connectivity index (χ1v) is 5.40. The molecule has 0 spiro atoms. The van der Waals surface area contributed by atoms with Gasteiger partial charge in [0.25, 0.3) is 0 Å². The van der Waals surface area contributed by atoms with Gasteiger partial charge < -0.3 is 5.73 Å². The molecule has 13 heavy (non-hydrogen) atoms. The molecule has 1 saturated carbocycles. The molecule has 2 rings (SSSR count). The molecule has 0 bridgehead atoms. The molecule has 70 valence electrons. The Hall–Kier alpha value is -0.410. The third kappa shape index (κ3) is 1.63. The summed E-state index contributed by atoms with van der Waals surface area (Å²) in [6, 6.07) is 2.02. The van der Waals surface area contributed by atoms with Gasteiger partial charge in [0.05, 0.1) is 0 Å². The van der Waals surface area contributed by atoms with Gasteiger partial charge in [0.1, 0.15) is 0 Å². The molecule has 0 saturated heterocycles. The monoisotopic (exact) mass is 240 g/mol. The van der Waals surface area contributed by atoms with Crippen molar-refractivity contribution in [2.24, 2.45) is 5.73 Å². The Kier molecular flexibility index (Phi) is 2.39. The third-order valence-electron chi connectivity index (χ3n) is 2.80. The molecule has 1 aromatic heterocycles. The van der Waals surface area contributed by atoms with Gasteiger partial charge in [-0.25, -0.2) is 0 Å². The van der Waals surface area contributed by atoms with Crippen LogP contribution >= 0.6 is 15.9 Å². The van der Waals surface area contributed by atoms with Gasteiger partial charge in [-0.1, -0.05) is 12.8 Å². The second-order valence-corrected chi connectivity index (χ2v) is 4.57. The van der Waals surface area contributed by atoms with E-state index in [1.165, 1.54) is 18.4 Å². The van der Waals surface area contributed by atoms with E-state index in [1.54, 1.807) is 0 Å². The second kappa shape index (κ2) is 3.39. The van der Waals surface area contributed by atoms with E-state index < -0.39 is 0 Å². The second-order valence-electron chi connectivity index (χ2n) is 3.72. The first-order valence-electron chi connectivity index (χ1n) is 4.61. The molecular weight excluding hydrogens is 228 g/mol. The van der Waals surface area contributed by atoms with Crippen LogP contribution in [-0.2, 0) is 5.54 Å². The summed E-state index contributed by atoms with van der Waals surface area (Å²) in [5.74, 6) is 0. The average molecular weight is 241 g/mol. The molecule has 0 atom stereocenters. The van der Waals surface area contributed by atoms with Crippen LogP contribution < -0.4 is 5.73 Å². The standard InChI is InChI=1S/C10H13BrN2/c11-9-7-13-6-3-8(9)10(12)4-1-2-5-10/h3,6-7H,1-2,4-5,12H2. The van der Waals surface area contributed by atoms with E-state index in [0.29, 0.717) is 0 Å². The smallest absolute Gasteiger partial charge is 0.0422 e. The summed E-state index contributed by atoms with van der Waals surface area (Å²) in [5.41, 5.74) is 7.42. The van der Waals surface area contributed by atoms with Gasteiger partial charge in [0.2, 0.25) is 0 Å². The number of nitrogens with two attached hydrogens (primary N) is 1. The quantitative estimate of drug-likeness (QED) is 0.820. The predicted octanol–water partition coefficient (Wildman–Crippen LogP) is 2.57. The molecule has 0 aliphatic heterocycles. The van der Waals surface area contributed by atoms with Crippen LogP contribution in [0.1, 0.15) is 31.2 Å². The van der Waals surface area contributed by atoms with Gasteiger partial charge >= 0.3 is 0 Å². The number of rotatable bonds is 1. The third-order valence-corrected chi connectivity index (χ3v) is 3.44. The van der Waals surface area contributed by atoms with Crippen LogP contribution in [0.2, 0.25) is 0 Å². The van der Waals surface area contributed by atoms with E-state index >= 15 is 0 Å². The maximum Gasteiger partial charge on any atom is 0.0422 e. The van der Waals surface area contributed by atoms with Gasteiger partial charge in [-0.3, -0.25) is 4.98 Å². The molecule has 2 nitrogen and oxygen atoms in total. The molecule has 1 aliphatic carbocycles. The van der Waals surface area contributed by atoms with Crippen LogP contribution in [0, 0.1) is 0 Å². The van der Waals surface area contributed by atoms with E-state index in [1.807, 2.05) is 18.5 Å². The fourth-order valence-corrected chi connectivity index (χ4v) is 2.70. The maximum atomic E-state index is 6.32. The lowest BCUT2D eigenvalue weighted by Gasteiger charge is -2.24. The Morgan fingerprint density at radius 1 is 1.38 bits per heavy atom. The van der Waals surface area contributed by atoms with Crippen molar-refractivity contribution < 1.29 is 0 Å². The number of hydrogen-bond donors (Lipinski definition) is 1. The molecule has 1 heterocycles. The van der Waals surface area contributed by atoms with E-state index in [9.17, 15) is 0 Å². The van der Waals surface area contributed by atoms with Gasteiger partial charge in [-0.15, -0.1) is 0 Å². The van der Waals surface area contributed by atoms with E-state index in [4.69, 9.17) is 5.73 Å². The first kappa shape index (κ1) is 9.16. The highest BCUT2D eigenvalue weighted by Gasteiger charge is 2.32. The zero-order valence-corrected chi connectivity index (χ0v) is 9.05. The van der Waals surface area contributed by atoms with Gasteiger partial charge in [-0.05, 0) is 40.4 Å². The van der Waals surface area contributed by atoms with Gasteiger partial charge in [0, 0.05) is 22.4 Å². The SMILES string of the molecule is NC1(c2ccncc2Br)CCCC1. The first-order chi connectivity index (χ1) is 6.22. The molecule has 0 amide bonds. The summed E-state index contributed by atoms with van der Waals surface area (Å²) < 4.78 is 1.04. The molecule has 0 aromatic carbocycles. The Labute approximate surface area is 86.7 Å². The normalized spacial score (nSPS) is 20.5. The minimum Gasteiger partial charge on any atom is -0.321 e. The van der Waals surface area contributed by atoms with Crippen molar-refractivity contribution >= 4 is 15.9 Å². The zero-order chi connectivity index (χ0) is 9.31. The lowest BCUT2D eigenvalue weighted by molar-refractivity contribution is 0.459. The summed E-state index contributed by atoms with van der Waals surface area (Å²) in [6.07, 6.45) is 8.30. The fourth-order valence-electron chi connectivity index (χ4n) is 2.05. The summed E-state index contributed by atoms with van der Waals surface area (Å²) in [4.78, 5) is 4.04. The number of halogens is 1. The highest BCUT2D eigenvalue weighted by Crippen LogP contribution is 2.38. The largest absolute Gasteiger partial charge is 0.321 e. The summed E-state index contributed by atoms with van der Waals surface area (Å²) >= 11 is 3.50. The minimum absolute atomic E-state index is 0.109. The van der Waals surface area contributed by atoms with E-state index in [2.05, 4.69) is 20.9 Å². The lowest BCUT2D eigenvalue weighted by atomic mass is 9.90. The van der Waals surface area contributed by atoms with Crippen molar-refractivity contribution in [1.29, 1.82) is 0 Å². The lowest BCUT2D eigenvalue weighted by Crippen LogP contribution is -2.33. The van der Waals surface area contributed by atoms with E-state index in [-0.39, 0.29) is 5.54 Å². The minimum atomic E-state index is -0.109. The highest BCUT2D eigenvalue weighted by atomic mass is 79.9. The zero-order valence-electron chi connectivity index (χ0n) is 7.46. The number of aromatic nitrogens is 1. The molecule has 1 aliphatic rings. The van der Waals surface area contributed by atoms with Crippen LogP contribution in [0.5, 0.6) is 0 Å². The number of pyridine rings is 1. The van der Waals surface area contributed by atoms with Crippen molar-refractivity contribution in [2.75, 3.05) is 0 Å². The average Bonchev–Trinajstić information content (AvgIpc) is 2.54. The Morgan fingerprint density at radius 2 is 2.08 bits per heavy atom. The highest BCUT2D eigenvalue weighted by molar-refractivity contribution is 9.10. The summed E-state index contributed by atoms with van der Waals surface area (Å²) in [7, 11) is 0. The molecule has 0 unspecified atom stereocenters. The number of hydrogen-bond acceptors (Lipinski definition) is 2. The van der Waals surface area contributed by atoms with Crippen LogP contribution in [0.25, 0.3) is 0 Å². The topological polar surface area (TPSA) is 38.9 Å². The van der Waals surface area contributed by atoms with Crippen LogP contribution in [0.15, 0.2) is 22.9 Å². The van der Waals surface area contributed by atoms with Crippen molar-refractivity contribution in [3.05, 3.63) is 28.5 Å². The molecular formula is C10H13BrN2. The van der Waals surface area contributed by atoms with Crippen LogP contribution in [0.4, 0.5) is 0 Å². The van der Waals surface area contributed by atoms with Crippen molar-refractivity contribution in [2.45, 2.75) is 31.2 Å². The molecule has 0 radical (unpaired) electrons. The van der Waals surface area contributed by atoms with Gasteiger partial charge in [0.15, 0.2) is 0 Å². The Morgan fingerprint density at radius 3 is 2.69 bits per heavy atom. The fraction of sp³-hybridized carbons (Fsp3) is 0.500. The van der Waals surface area contributed by atoms with E-state index in [0.717, 1.165) is 17.3 Å². The molecule has 3 heteroatoms. The summed E-state index contributed by atoms with van der Waals surface area (Å²) in [6.45, 7) is 0. The molecule has 1 aromatic rings. The predicted molar refractivity (Wildman–Crippen MR) is 56.3 cm³/mol. The van der Waals surface area contributed by atoms with Gasteiger partial charge in [-0.2, -0.15) is 0 Å². The van der Waals surface area contributed by atoms with Crippen molar-refractivity contribution in [3.63, 3.8) is 0 Å². The van der Waals surface area contributed by atoms with Crippen molar-refractivity contribution in [1.82, 2.24) is 4.98 Å². The Balaban J connectivity index is 2.39. The van der Waals surface area contributed by atoms with Crippen molar-refractivity contribution in [3.8, 4) is 0 Å². The molecule has 2 N–H and O–H groups in total.